The summed E-state index contributed by atoms with van der Waals surface area (Å²) in [5.41, 5.74) is 9.32. The maximum absolute atomic E-state index is 13.5. The molecule has 1 saturated heterocycles. The van der Waals surface area contributed by atoms with E-state index in [1.807, 2.05) is 67.6 Å². The number of fused-ring (bicyclic) bond motifs is 1. The van der Waals surface area contributed by atoms with Crippen molar-refractivity contribution in [1.29, 1.82) is 0 Å². The third kappa shape index (κ3) is 4.55. The number of rotatable bonds is 6. The molecule has 0 bridgehead atoms. The molecule has 40 heavy (non-hydrogen) atoms. The van der Waals surface area contributed by atoms with Gasteiger partial charge in [0.25, 0.3) is 11.8 Å². The number of hydrogen-bond acceptors (Lipinski definition) is 7. The molecule has 3 aromatic carbocycles. The summed E-state index contributed by atoms with van der Waals surface area (Å²) < 4.78 is 0. The standard InChI is InChI=1S/C29H29ClN8O2/c1-18-16-21(38-14-12-37(13-15-38)20-8-6-19(30)7-9-20)10-11-22(18)34-26(39)25-29(27(31)40,33-17-32-25)28-35-23-4-2-3-5-24(23)36-28/h2-11,16,33H,12-15,17H2,1H3,(H2,31,40)(H,34,39)(H,35,36). The van der Waals surface area contributed by atoms with E-state index in [1.54, 1.807) is 0 Å². The summed E-state index contributed by atoms with van der Waals surface area (Å²) in [6, 6.07) is 21.2. The number of primary amides is 1. The van der Waals surface area contributed by atoms with E-state index in [0.717, 1.165) is 53.7 Å². The van der Waals surface area contributed by atoms with E-state index >= 15 is 0 Å². The summed E-state index contributed by atoms with van der Waals surface area (Å²) in [5, 5.41) is 6.66. The minimum absolute atomic E-state index is 0.0270. The molecule has 6 rings (SSSR count). The van der Waals surface area contributed by atoms with Crippen LogP contribution in [0.1, 0.15) is 11.4 Å². The van der Waals surface area contributed by atoms with Gasteiger partial charge in [0.15, 0.2) is 0 Å². The lowest BCUT2D eigenvalue weighted by Gasteiger charge is -2.37. The number of aromatic nitrogens is 2. The number of nitrogens with zero attached hydrogens (tertiary/aromatic N) is 4. The first-order chi connectivity index (χ1) is 19.3. The van der Waals surface area contributed by atoms with Gasteiger partial charge in [0.2, 0.25) is 5.54 Å². The number of aryl methyl sites for hydroxylation is 1. The fourth-order valence-corrected chi connectivity index (χ4v) is 5.50. The highest BCUT2D eigenvalue weighted by molar-refractivity contribution is 6.50. The van der Waals surface area contributed by atoms with Crippen LogP contribution in [0.2, 0.25) is 5.02 Å². The number of anilines is 3. The first kappa shape index (κ1) is 25.8. The Morgan fingerprint density at radius 3 is 2.33 bits per heavy atom. The molecule has 0 aliphatic carbocycles. The number of hydrogen-bond donors (Lipinski definition) is 4. The van der Waals surface area contributed by atoms with Crippen molar-refractivity contribution < 1.29 is 9.59 Å². The number of carbonyl (C=O) groups is 2. The van der Waals surface area contributed by atoms with Crippen molar-refractivity contribution >= 4 is 57.2 Å². The molecule has 10 nitrogen and oxygen atoms in total. The molecule has 204 valence electrons. The van der Waals surface area contributed by atoms with Gasteiger partial charge in [0, 0.05) is 48.3 Å². The largest absolute Gasteiger partial charge is 0.368 e. The number of para-hydroxylation sites is 2. The van der Waals surface area contributed by atoms with Gasteiger partial charge >= 0.3 is 0 Å². The predicted molar refractivity (Wildman–Crippen MR) is 158 cm³/mol. The van der Waals surface area contributed by atoms with E-state index in [4.69, 9.17) is 17.3 Å². The SMILES string of the molecule is Cc1cc(N2CCN(c3ccc(Cl)cc3)CC2)ccc1NC(=O)C1=NCNC1(C(N)=O)c1nc2ccccc2[nH]1. The number of benzene rings is 3. The number of halogens is 1. The molecule has 2 aliphatic rings. The van der Waals surface area contributed by atoms with Gasteiger partial charge in [-0.1, -0.05) is 23.7 Å². The van der Waals surface area contributed by atoms with Crippen molar-refractivity contribution in [2.45, 2.75) is 12.5 Å². The Kier molecular flexibility index (Phi) is 6.65. The van der Waals surface area contributed by atoms with Crippen LogP contribution in [0, 0.1) is 6.92 Å². The third-order valence-corrected chi connectivity index (χ3v) is 7.81. The van der Waals surface area contributed by atoms with Gasteiger partial charge in [-0.25, -0.2) is 4.98 Å². The first-order valence-corrected chi connectivity index (χ1v) is 13.5. The van der Waals surface area contributed by atoms with Crippen molar-refractivity contribution in [3.05, 3.63) is 83.1 Å². The molecule has 5 N–H and O–H groups in total. The minimum Gasteiger partial charge on any atom is -0.368 e. The van der Waals surface area contributed by atoms with Crippen molar-refractivity contribution in [1.82, 2.24) is 15.3 Å². The Bertz CT molecular complexity index is 1590. The molecule has 3 heterocycles. The Labute approximate surface area is 236 Å². The second-order valence-electron chi connectivity index (χ2n) is 9.96. The second-order valence-corrected chi connectivity index (χ2v) is 10.4. The zero-order valence-electron chi connectivity index (χ0n) is 21.9. The normalized spacial score (nSPS) is 19.1. The molecule has 0 spiro atoms. The lowest BCUT2D eigenvalue weighted by molar-refractivity contribution is -0.123. The number of nitrogens with two attached hydrogens (primary N) is 1. The number of piperazine rings is 1. The van der Waals surface area contributed by atoms with Crippen LogP contribution in [0.5, 0.6) is 0 Å². The number of aliphatic imine (C=N–C) groups is 1. The summed E-state index contributed by atoms with van der Waals surface area (Å²) in [6.45, 7) is 5.52. The molecule has 1 aromatic heterocycles. The van der Waals surface area contributed by atoms with Gasteiger partial charge < -0.3 is 25.8 Å². The summed E-state index contributed by atoms with van der Waals surface area (Å²) in [5.74, 6) is -1.04. The van der Waals surface area contributed by atoms with Crippen molar-refractivity contribution in [2.24, 2.45) is 10.7 Å². The second kappa shape index (κ2) is 10.3. The van der Waals surface area contributed by atoms with Gasteiger partial charge in [-0.15, -0.1) is 0 Å². The maximum atomic E-state index is 13.5. The number of imidazole rings is 1. The van der Waals surface area contributed by atoms with Crippen LogP contribution in [0.15, 0.2) is 71.7 Å². The zero-order chi connectivity index (χ0) is 27.9. The van der Waals surface area contributed by atoms with Crippen LogP contribution in [0.3, 0.4) is 0 Å². The molecular formula is C29H29ClN8O2. The van der Waals surface area contributed by atoms with Gasteiger partial charge in [-0.3, -0.25) is 19.9 Å². The quantitative estimate of drug-likeness (QED) is 0.288. The van der Waals surface area contributed by atoms with Gasteiger partial charge in [-0.05, 0) is 67.1 Å². The van der Waals surface area contributed by atoms with Crippen LogP contribution in [-0.4, -0.2) is 60.3 Å². The molecule has 1 atom stereocenters. The van der Waals surface area contributed by atoms with Crippen LogP contribution in [-0.2, 0) is 15.1 Å². The number of amides is 2. The molecule has 0 saturated carbocycles. The lowest BCUT2D eigenvalue weighted by Crippen LogP contribution is -2.58. The van der Waals surface area contributed by atoms with Gasteiger partial charge in [-0.2, -0.15) is 0 Å². The van der Waals surface area contributed by atoms with Gasteiger partial charge in [0.05, 0.1) is 17.7 Å². The minimum atomic E-state index is -1.67. The topological polar surface area (TPSA) is 132 Å². The smallest absolute Gasteiger partial charge is 0.272 e. The third-order valence-electron chi connectivity index (χ3n) is 7.56. The maximum Gasteiger partial charge on any atom is 0.272 e. The highest BCUT2D eigenvalue weighted by Gasteiger charge is 2.52. The zero-order valence-corrected chi connectivity index (χ0v) is 22.7. The number of carbonyl (C=O) groups excluding carboxylic acids is 2. The Balaban J connectivity index is 1.17. The van der Waals surface area contributed by atoms with Crippen LogP contribution in [0.25, 0.3) is 11.0 Å². The Morgan fingerprint density at radius 1 is 0.975 bits per heavy atom. The van der Waals surface area contributed by atoms with E-state index in [2.05, 4.69) is 41.5 Å². The molecule has 2 amide bonds. The Hall–Kier alpha value is -4.41. The summed E-state index contributed by atoms with van der Waals surface area (Å²) in [7, 11) is 0. The fraction of sp³-hybridized carbons (Fsp3) is 0.241. The van der Waals surface area contributed by atoms with E-state index in [9.17, 15) is 9.59 Å². The molecule has 2 aliphatic heterocycles. The van der Waals surface area contributed by atoms with Crippen LogP contribution < -0.4 is 26.2 Å². The van der Waals surface area contributed by atoms with Crippen molar-refractivity contribution in [3.63, 3.8) is 0 Å². The van der Waals surface area contributed by atoms with Crippen molar-refractivity contribution in [3.8, 4) is 0 Å². The van der Waals surface area contributed by atoms with Gasteiger partial charge in [0.1, 0.15) is 11.5 Å². The van der Waals surface area contributed by atoms with Crippen LogP contribution in [0.4, 0.5) is 17.1 Å². The number of H-pyrrole nitrogens is 1. The van der Waals surface area contributed by atoms with Crippen molar-refractivity contribution in [2.75, 3.05) is 48.0 Å². The molecule has 1 fully saturated rings. The fourth-order valence-electron chi connectivity index (χ4n) is 5.37. The van der Waals surface area contributed by atoms with Crippen LogP contribution >= 0.6 is 11.6 Å². The highest BCUT2D eigenvalue weighted by atomic mass is 35.5. The predicted octanol–water partition coefficient (Wildman–Crippen LogP) is 3.17. The van der Waals surface area contributed by atoms with E-state index in [0.29, 0.717) is 11.2 Å². The average Bonchev–Trinajstić information content (AvgIpc) is 3.60. The molecule has 4 aromatic rings. The summed E-state index contributed by atoms with van der Waals surface area (Å²) in [4.78, 5) is 43.0. The first-order valence-electron chi connectivity index (χ1n) is 13.1. The van der Waals surface area contributed by atoms with E-state index in [1.165, 1.54) is 0 Å². The lowest BCUT2D eigenvalue weighted by atomic mass is 9.91. The summed E-state index contributed by atoms with van der Waals surface area (Å²) in [6.07, 6.45) is 0. The monoisotopic (exact) mass is 556 g/mol. The Morgan fingerprint density at radius 2 is 1.65 bits per heavy atom. The average molecular weight is 557 g/mol. The number of nitrogens with one attached hydrogen (secondary N) is 3. The number of aromatic amines is 1. The molecule has 1 unspecified atom stereocenters. The summed E-state index contributed by atoms with van der Waals surface area (Å²) >= 11 is 6.03. The molecular weight excluding hydrogens is 528 g/mol. The molecule has 11 heteroatoms. The van der Waals surface area contributed by atoms with E-state index < -0.39 is 17.4 Å². The molecule has 0 radical (unpaired) electrons. The van der Waals surface area contributed by atoms with E-state index in [-0.39, 0.29) is 18.2 Å². The highest BCUT2D eigenvalue weighted by Crippen LogP contribution is 2.29.